The molecule has 0 aliphatic carbocycles. The van der Waals surface area contributed by atoms with Crippen LogP contribution in [0.3, 0.4) is 0 Å². The maximum absolute atomic E-state index is 13.1. The summed E-state index contributed by atoms with van der Waals surface area (Å²) in [5.74, 6) is -0.242. The molecule has 0 aliphatic rings. The van der Waals surface area contributed by atoms with Crippen LogP contribution in [0.15, 0.2) is 54.9 Å². The van der Waals surface area contributed by atoms with Gasteiger partial charge in [-0.1, -0.05) is 18.2 Å². The summed E-state index contributed by atoms with van der Waals surface area (Å²) in [5, 5.41) is 0. The SMILES string of the molecule is CCOC(=O)c1cnc(-c2cccc(C(F)(F)F)c2)nc1N(C)CCc1ccccn1. The smallest absolute Gasteiger partial charge is 0.416 e. The van der Waals surface area contributed by atoms with Crippen molar-refractivity contribution in [3.8, 4) is 11.4 Å². The van der Waals surface area contributed by atoms with E-state index in [9.17, 15) is 18.0 Å². The van der Waals surface area contributed by atoms with Gasteiger partial charge in [-0.2, -0.15) is 13.2 Å². The fourth-order valence-corrected chi connectivity index (χ4v) is 2.92. The molecule has 2 heterocycles. The molecule has 1 aromatic carbocycles. The molecule has 0 bridgehead atoms. The van der Waals surface area contributed by atoms with Crippen molar-refractivity contribution in [1.29, 1.82) is 0 Å². The number of hydrogen-bond donors (Lipinski definition) is 0. The normalized spacial score (nSPS) is 11.3. The number of alkyl halides is 3. The van der Waals surface area contributed by atoms with E-state index in [1.165, 1.54) is 18.3 Å². The Morgan fingerprint density at radius 3 is 2.61 bits per heavy atom. The van der Waals surface area contributed by atoms with Crippen LogP contribution in [-0.2, 0) is 17.3 Å². The summed E-state index contributed by atoms with van der Waals surface area (Å²) in [6.07, 6.45) is -0.922. The average Bonchev–Trinajstić information content (AvgIpc) is 2.77. The fraction of sp³-hybridized carbons (Fsp3) is 0.273. The molecule has 0 unspecified atom stereocenters. The fourth-order valence-electron chi connectivity index (χ4n) is 2.92. The van der Waals surface area contributed by atoms with Crippen LogP contribution >= 0.6 is 0 Å². The summed E-state index contributed by atoms with van der Waals surface area (Å²) in [6, 6.07) is 10.3. The second kappa shape index (κ2) is 9.55. The first-order valence-electron chi connectivity index (χ1n) is 9.62. The lowest BCUT2D eigenvalue weighted by Gasteiger charge is -2.21. The molecule has 3 rings (SSSR count). The van der Waals surface area contributed by atoms with Gasteiger partial charge >= 0.3 is 12.1 Å². The minimum absolute atomic E-state index is 0.0823. The number of esters is 1. The van der Waals surface area contributed by atoms with Crippen molar-refractivity contribution >= 4 is 11.8 Å². The Morgan fingerprint density at radius 2 is 1.94 bits per heavy atom. The van der Waals surface area contributed by atoms with Gasteiger partial charge in [-0.3, -0.25) is 4.98 Å². The molecule has 0 spiro atoms. The van der Waals surface area contributed by atoms with Gasteiger partial charge < -0.3 is 9.64 Å². The Balaban J connectivity index is 1.95. The van der Waals surface area contributed by atoms with Crippen LogP contribution in [0.5, 0.6) is 0 Å². The number of ether oxygens (including phenoxy) is 1. The molecule has 0 saturated carbocycles. The Hall–Kier alpha value is -3.49. The second-order valence-electron chi connectivity index (χ2n) is 6.72. The summed E-state index contributed by atoms with van der Waals surface area (Å²) < 4.78 is 44.4. The molecule has 31 heavy (non-hydrogen) atoms. The highest BCUT2D eigenvalue weighted by Gasteiger charge is 2.30. The number of likely N-dealkylation sites (N-methyl/N-ethyl adjacent to an activating group) is 1. The van der Waals surface area contributed by atoms with Gasteiger partial charge in [-0.15, -0.1) is 0 Å². The summed E-state index contributed by atoms with van der Waals surface area (Å²) in [5.41, 5.74) is 0.401. The molecule has 3 aromatic rings. The van der Waals surface area contributed by atoms with Gasteiger partial charge in [0.25, 0.3) is 0 Å². The summed E-state index contributed by atoms with van der Waals surface area (Å²) >= 11 is 0. The zero-order valence-corrected chi connectivity index (χ0v) is 17.1. The summed E-state index contributed by atoms with van der Waals surface area (Å²) in [7, 11) is 1.74. The minimum atomic E-state index is -4.48. The molecule has 0 amide bonds. The first-order valence-corrected chi connectivity index (χ1v) is 9.62. The molecule has 0 saturated heterocycles. The third-order valence-electron chi connectivity index (χ3n) is 4.50. The van der Waals surface area contributed by atoms with Crippen LogP contribution in [0.25, 0.3) is 11.4 Å². The number of carbonyl (C=O) groups excluding carboxylic acids is 1. The molecular formula is C22H21F3N4O2. The van der Waals surface area contributed by atoms with Crippen molar-refractivity contribution in [2.24, 2.45) is 0 Å². The van der Waals surface area contributed by atoms with Crippen molar-refractivity contribution in [3.05, 3.63) is 71.7 Å². The van der Waals surface area contributed by atoms with Gasteiger partial charge in [0.05, 0.1) is 12.2 Å². The minimum Gasteiger partial charge on any atom is -0.462 e. The highest BCUT2D eigenvalue weighted by Crippen LogP contribution is 2.32. The molecule has 0 radical (unpaired) electrons. The monoisotopic (exact) mass is 430 g/mol. The number of benzene rings is 1. The van der Waals surface area contributed by atoms with E-state index in [-0.39, 0.29) is 29.4 Å². The number of rotatable bonds is 7. The number of aromatic nitrogens is 3. The van der Waals surface area contributed by atoms with Gasteiger partial charge in [-0.25, -0.2) is 14.8 Å². The van der Waals surface area contributed by atoms with E-state index in [4.69, 9.17) is 4.74 Å². The lowest BCUT2D eigenvalue weighted by Crippen LogP contribution is -2.25. The van der Waals surface area contributed by atoms with Gasteiger partial charge in [-0.05, 0) is 31.2 Å². The van der Waals surface area contributed by atoms with Crippen molar-refractivity contribution in [1.82, 2.24) is 15.0 Å². The highest BCUT2D eigenvalue weighted by atomic mass is 19.4. The van der Waals surface area contributed by atoms with Crippen LogP contribution < -0.4 is 4.90 Å². The Labute approximate surface area is 177 Å². The number of pyridine rings is 1. The topological polar surface area (TPSA) is 68.2 Å². The van der Waals surface area contributed by atoms with Crippen molar-refractivity contribution in [3.63, 3.8) is 0 Å². The molecule has 6 nitrogen and oxygen atoms in total. The molecule has 0 atom stereocenters. The van der Waals surface area contributed by atoms with Crippen LogP contribution in [-0.4, -0.2) is 41.1 Å². The quantitative estimate of drug-likeness (QED) is 0.517. The Morgan fingerprint density at radius 1 is 1.13 bits per heavy atom. The van der Waals surface area contributed by atoms with Gasteiger partial charge in [0.2, 0.25) is 0 Å². The lowest BCUT2D eigenvalue weighted by molar-refractivity contribution is -0.137. The second-order valence-corrected chi connectivity index (χ2v) is 6.72. The molecular weight excluding hydrogens is 409 g/mol. The zero-order chi connectivity index (χ0) is 22.4. The Kier molecular flexibility index (Phi) is 6.84. The standard InChI is InChI=1S/C22H21F3N4O2/c1-3-31-21(30)18-14-27-19(15-7-6-8-16(13-15)22(23,24)25)28-20(18)29(2)12-10-17-9-4-5-11-26-17/h4-9,11,13-14H,3,10,12H2,1-2H3. The average molecular weight is 430 g/mol. The van der Waals surface area contributed by atoms with Gasteiger partial charge in [0.1, 0.15) is 11.4 Å². The number of hydrogen-bond acceptors (Lipinski definition) is 6. The predicted molar refractivity (Wildman–Crippen MR) is 110 cm³/mol. The molecule has 162 valence electrons. The van der Waals surface area contributed by atoms with Crippen LogP contribution in [0.1, 0.15) is 28.5 Å². The van der Waals surface area contributed by atoms with E-state index in [2.05, 4.69) is 15.0 Å². The first kappa shape index (κ1) is 22.2. The number of carbonyl (C=O) groups is 1. The van der Waals surface area contributed by atoms with E-state index in [1.807, 2.05) is 18.2 Å². The first-order chi connectivity index (χ1) is 14.8. The van der Waals surface area contributed by atoms with Crippen LogP contribution in [0, 0.1) is 0 Å². The number of anilines is 1. The van der Waals surface area contributed by atoms with E-state index < -0.39 is 17.7 Å². The van der Waals surface area contributed by atoms with Crippen molar-refractivity contribution in [2.45, 2.75) is 19.5 Å². The van der Waals surface area contributed by atoms with E-state index in [0.717, 1.165) is 17.8 Å². The molecule has 0 fully saturated rings. The Bertz CT molecular complexity index is 1040. The number of nitrogens with zero attached hydrogens (tertiary/aromatic N) is 4. The zero-order valence-electron chi connectivity index (χ0n) is 17.1. The van der Waals surface area contributed by atoms with Crippen LogP contribution in [0.4, 0.5) is 19.0 Å². The van der Waals surface area contributed by atoms with E-state index in [0.29, 0.717) is 13.0 Å². The summed E-state index contributed by atoms with van der Waals surface area (Å²) in [6.45, 7) is 2.33. The molecule has 2 aromatic heterocycles. The molecule has 0 N–H and O–H groups in total. The predicted octanol–water partition coefficient (Wildman–Crippen LogP) is 4.41. The third kappa shape index (κ3) is 5.56. The largest absolute Gasteiger partial charge is 0.462 e. The van der Waals surface area contributed by atoms with Gasteiger partial charge in [0.15, 0.2) is 5.82 Å². The highest BCUT2D eigenvalue weighted by molar-refractivity contribution is 5.94. The summed E-state index contributed by atoms with van der Waals surface area (Å²) in [4.78, 5) is 26.9. The molecule has 9 heteroatoms. The maximum Gasteiger partial charge on any atom is 0.416 e. The maximum atomic E-state index is 13.1. The number of halogens is 3. The van der Waals surface area contributed by atoms with E-state index >= 15 is 0 Å². The van der Waals surface area contributed by atoms with Crippen LogP contribution in [0.2, 0.25) is 0 Å². The van der Waals surface area contributed by atoms with Gasteiger partial charge in [0, 0.05) is 43.7 Å². The van der Waals surface area contributed by atoms with Crippen molar-refractivity contribution in [2.75, 3.05) is 25.1 Å². The lowest BCUT2D eigenvalue weighted by atomic mass is 10.1. The molecule has 0 aliphatic heterocycles. The van der Waals surface area contributed by atoms with E-state index in [1.54, 1.807) is 25.1 Å². The third-order valence-corrected chi connectivity index (χ3v) is 4.50. The van der Waals surface area contributed by atoms with Crippen molar-refractivity contribution < 1.29 is 22.7 Å².